The summed E-state index contributed by atoms with van der Waals surface area (Å²) in [5.74, 6) is 0.785. The number of hydrogen-bond acceptors (Lipinski definition) is 3. The van der Waals surface area contributed by atoms with E-state index in [1.54, 1.807) is 13.3 Å². The number of rotatable bonds is 3. The fourth-order valence-corrected chi connectivity index (χ4v) is 2.75. The van der Waals surface area contributed by atoms with Gasteiger partial charge in [-0.2, -0.15) is 5.10 Å². The molecule has 4 nitrogen and oxygen atoms in total. The number of hydrogen-bond donors (Lipinski definition) is 1. The van der Waals surface area contributed by atoms with Gasteiger partial charge >= 0.3 is 0 Å². The number of allylic oxidation sites excluding steroid dienone is 1. The molecule has 0 amide bonds. The molecule has 18 heavy (non-hydrogen) atoms. The summed E-state index contributed by atoms with van der Waals surface area (Å²) < 4.78 is 7.31. The second-order valence-corrected chi connectivity index (χ2v) is 5.68. The number of aromatic nitrogens is 2. The van der Waals surface area contributed by atoms with Crippen molar-refractivity contribution in [2.45, 2.75) is 46.3 Å². The number of methoxy groups -OCH3 is 1. The molecule has 1 aliphatic rings. The van der Waals surface area contributed by atoms with E-state index in [0.29, 0.717) is 0 Å². The Bertz CT molecular complexity index is 439. The van der Waals surface area contributed by atoms with E-state index in [1.807, 2.05) is 10.8 Å². The highest BCUT2D eigenvalue weighted by atomic mass is 16.5. The average molecular weight is 250 g/mol. The first-order chi connectivity index (χ1) is 8.46. The van der Waals surface area contributed by atoms with E-state index < -0.39 is 0 Å². The molecule has 1 N–H and O–H groups in total. The summed E-state index contributed by atoms with van der Waals surface area (Å²) in [6.45, 7) is 7.22. The summed E-state index contributed by atoms with van der Waals surface area (Å²) in [4.78, 5) is 0. The molecule has 2 rings (SSSR count). The number of aliphatic hydroxyl groups excluding tert-OH is 1. The summed E-state index contributed by atoms with van der Waals surface area (Å²) >= 11 is 0. The molecular formula is C14H22N2O2. The lowest BCUT2D eigenvalue weighted by molar-refractivity contribution is 0.146. The van der Waals surface area contributed by atoms with Crippen LogP contribution in [0.1, 0.15) is 39.3 Å². The normalized spacial score (nSPS) is 22.7. The van der Waals surface area contributed by atoms with E-state index in [0.717, 1.165) is 36.4 Å². The van der Waals surface area contributed by atoms with E-state index in [4.69, 9.17) is 4.74 Å². The topological polar surface area (TPSA) is 47.3 Å². The molecular weight excluding hydrogens is 228 g/mol. The van der Waals surface area contributed by atoms with Crippen LogP contribution < -0.4 is 4.74 Å². The highest BCUT2D eigenvalue weighted by Crippen LogP contribution is 2.41. The van der Waals surface area contributed by atoms with Crippen molar-refractivity contribution in [3.05, 3.63) is 18.0 Å². The Balaban J connectivity index is 2.44. The maximum Gasteiger partial charge on any atom is 0.164 e. The van der Waals surface area contributed by atoms with Gasteiger partial charge in [-0.25, -0.2) is 0 Å². The van der Waals surface area contributed by atoms with Gasteiger partial charge in [0.15, 0.2) is 5.75 Å². The van der Waals surface area contributed by atoms with Crippen LogP contribution in [0.3, 0.4) is 0 Å². The van der Waals surface area contributed by atoms with Crippen molar-refractivity contribution in [2.75, 3.05) is 7.11 Å². The Kier molecular flexibility index (Phi) is 3.48. The predicted octanol–water partition coefficient (Wildman–Crippen LogP) is 2.48. The van der Waals surface area contributed by atoms with Crippen LogP contribution in [-0.2, 0) is 6.54 Å². The second-order valence-electron chi connectivity index (χ2n) is 5.68. The number of aliphatic hydroxyl groups is 1. The zero-order valence-electron chi connectivity index (χ0n) is 11.6. The largest absolute Gasteiger partial charge is 0.493 e. The van der Waals surface area contributed by atoms with Crippen LogP contribution in [0, 0.1) is 5.41 Å². The molecule has 1 heterocycles. The Labute approximate surface area is 108 Å². The predicted molar refractivity (Wildman–Crippen MR) is 71.5 cm³/mol. The lowest BCUT2D eigenvalue weighted by Gasteiger charge is -2.32. The zero-order valence-corrected chi connectivity index (χ0v) is 11.6. The van der Waals surface area contributed by atoms with Crippen LogP contribution in [-0.4, -0.2) is 28.1 Å². The summed E-state index contributed by atoms with van der Waals surface area (Å²) in [5.41, 5.74) is 2.25. The third-order valence-corrected chi connectivity index (χ3v) is 3.45. The fraction of sp³-hybridized carbons (Fsp3) is 0.643. The lowest BCUT2D eigenvalue weighted by Crippen LogP contribution is -2.25. The quantitative estimate of drug-likeness (QED) is 0.896. The number of aryl methyl sites for hydroxylation is 1. The second kappa shape index (κ2) is 4.76. The molecule has 1 aliphatic carbocycles. The number of ether oxygens (including phenoxy) is 1. The maximum absolute atomic E-state index is 9.99. The van der Waals surface area contributed by atoms with Gasteiger partial charge in [-0.15, -0.1) is 0 Å². The molecule has 1 atom stereocenters. The lowest BCUT2D eigenvalue weighted by atomic mass is 9.75. The first-order valence-corrected chi connectivity index (χ1v) is 6.46. The molecule has 1 unspecified atom stereocenters. The van der Waals surface area contributed by atoms with Crippen molar-refractivity contribution >= 4 is 5.57 Å². The van der Waals surface area contributed by atoms with Gasteiger partial charge in [0.25, 0.3) is 0 Å². The van der Waals surface area contributed by atoms with Crippen LogP contribution in [0.15, 0.2) is 12.3 Å². The molecule has 1 aromatic rings. The molecule has 0 radical (unpaired) electrons. The Morgan fingerprint density at radius 1 is 1.56 bits per heavy atom. The molecule has 0 spiro atoms. The third-order valence-electron chi connectivity index (χ3n) is 3.45. The van der Waals surface area contributed by atoms with Crippen molar-refractivity contribution in [3.63, 3.8) is 0 Å². The summed E-state index contributed by atoms with van der Waals surface area (Å²) in [7, 11) is 1.66. The van der Waals surface area contributed by atoms with Crippen molar-refractivity contribution < 1.29 is 9.84 Å². The summed E-state index contributed by atoms with van der Waals surface area (Å²) in [5, 5.41) is 14.3. The first kappa shape index (κ1) is 13.1. The maximum atomic E-state index is 9.99. The molecule has 0 fully saturated rings. The standard InChI is InChI=1S/C14H22N2O2/c1-5-16-13(12(18-4)9-15-16)10-6-11(17)8-14(2,3)7-10/h6,9,11,17H,5,7-8H2,1-4H3. The monoisotopic (exact) mass is 250 g/mol. The molecule has 0 saturated heterocycles. The molecule has 4 heteroatoms. The van der Waals surface area contributed by atoms with Crippen LogP contribution >= 0.6 is 0 Å². The first-order valence-electron chi connectivity index (χ1n) is 6.46. The van der Waals surface area contributed by atoms with Crippen molar-refractivity contribution in [2.24, 2.45) is 5.41 Å². The molecule has 100 valence electrons. The minimum atomic E-state index is -0.381. The average Bonchev–Trinajstić information content (AvgIpc) is 2.68. The molecule has 0 bridgehead atoms. The van der Waals surface area contributed by atoms with Gasteiger partial charge in [0.05, 0.1) is 19.4 Å². The van der Waals surface area contributed by atoms with Gasteiger partial charge in [-0.05, 0) is 30.8 Å². The molecule has 0 saturated carbocycles. The Morgan fingerprint density at radius 2 is 2.28 bits per heavy atom. The van der Waals surface area contributed by atoms with Gasteiger partial charge in [-0.3, -0.25) is 4.68 Å². The van der Waals surface area contributed by atoms with E-state index in [2.05, 4.69) is 25.9 Å². The van der Waals surface area contributed by atoms with Gasteiger partial charge in [-0.1, -0.05) is 19.9 Å². The van der Waals surface area contributed by atoms with E-state index in [9.17, 15) is 5.11 Å². The van der Waals surface area contributed by atoms with E-state index in [1.165, 1.54) is 0 Å². The summed E-state index contributed by atoms with van der Waals surface area (Å²) in [6.07, 6.45) is 5.05. The van der Waals surface area contributed by atoms with Crippen LogP contribution in [0.5, 0.6) is 5.75 Å². The minimum absolute atomic E-state index is 0.108. The minimum Gasteiger partial charge on any atom is -0.493 e. The zero-order chi connectivity index (χ0) is 13.3. The van der Waals surface area contributed by atoms with Crippen LogP contribution in [0.4, 0.5) is 0 Å². The highest BCUT2D eigenvalue weighted by molar-refractivity contribution is 5.69. The van der Waals surface area contributed by atoms with Crippen molar-refractivity contribution in [1.82, 2.24) is 9.78 Å². The summed E-state index contributed by atoms with van der Waals surface area (Å²) in [6, 6.07) is 0. The van der Waals surface area contributed by atoms with Gasteiger partial charge < -0.3 is 9.84 Å². The third kappa shape index (κ3) is 2.43. The smallest absolute Gasteiger partial charge is 0.164 e. The van der Waals surface area contributed by atoms with Gasteiger partial charge in [0.2, 0.25) is 0 Å². The molecule has 0 aromatic carbocycles. The highest BCUT2D eigenvalue weighted by Gasteiger charge is 2.30. The van der Waals surface area contributed by atoms with Crippen LogP contribution in [0.2, 0.25) is 0 Å². The van der Waals surface area contributed by atoms with E-state index >= 15 is 0 Å². The fourth-order valence-electron chi connectivity index (χ4n) is 2.75. The molecule has 1 aromatic heterocycles. The van der Waals surface area contributed by atoms with Gasteiger partial charge in [0.1, 0.15) is 5.69 Å². The van der Waals surface area contributed by atoms with Gasteiger partial charge in [0, 0.05) is 6.54 Å². The van der Waals surface area contributed by atoms with Crippen molar-refractivity contribution in [3.8, 4) is 5.75 Å². The van der Waals surface area contributed by atoms with E-state index in [-0.39, 0.29) is 11.5 Å². The van der Waals surface area contributed by atoms with Crippen molar-refractivity contribution in [1.29, 1.82) is 0 Å². The number of nitrogens with zero attached hydrogens (tertiary/aromatic N) is 2. The SMILES string of the molecule is CCn1ncc(OC)c1C1=CC(O)CC(C)(C)C1. The molecule has 0 aliphatic heterocycles. The van der Waals surface area contributed by atoms with Crippen LogP contribution in [0.25, 0.3) is 5.57 Å². The Hall–Kier alpha value is -1.29. The Morgan fingerprint density at radius 3 is 2.83 bits per heavy atom.